The molecule has 0 bridgehead atoms. The summed E-state index contributed by atoms with van der Waals surface area (Å²) in [6.07, 6.45) is 2.70. The number of hydrogen-bond donors (Lipinski definition) is 0. The van der Waals surface area contributed by atoms with Crippen LogP contribution in [0, 0.1) is 5.92 Å². The molecule has 1 heterocycles. The lowest BCUT2D eigenvalue weighted by Gasteiger charge is -2.17. The molecule has 0 radical (unpaired) electrons. The molecule has 0 N–H and O–H groups in total. The maximum Gasteiger partial charge on any atom is 0.249 e. The summed E-state index contributed by atoms with van der Waals surface area (Å²) in [4.78, 5) is 17.4. The Morgan fingerprint density at radius 3 is 2.50 bits per heavy atom. The molecule has 0 unspecified atom stereocenters. The average Bonchev–Trinajstić information content (AvgIpc) is 2.97. The van der Waals surface area contributed by atoms with Crippen molar-refractivity contribution in [2.24, 2.45) is 5.92 Å². The van der Waals surface area contributed by atoms with Gasteiger partial charge in [-0.3, -0.25) is 9.63 Å². The van der Waals surface area contributed by atoms with Gasteiger partial charge < -0.3 is 0 Å². The van der Waals surface area contributed by atoms with E-state index in [0.717, 1.165) is 25.8 Å². The third-order valence-corrected chi connectivity index (χ3v) is 3.40. The average molecular weight is 217 g/mol. The van der Waals surface area contributed by atoms with Crippen LogP contribution in [0.1, 0.15) is 17.5 Å². The fourth-order valence-corrected chi connectivity index (χ4v) is 2.56. The summed E-state index contributed by atoms with van der Waals surface area (Å²) in [6, 6.07) is 8.32. The first-order chi connectivity index (χ1) is 7.84. The molecular formula is C13H15NO2. The number of amides is 1. The summed E-state index contributed by atoms with van der Waals surface area (Å²) in [5.74, 6) is 0.254. The van der Waals surface area contributed by atoms with E-state index < -0.39 is 0 Å². The maximum absolute atomic E-state index is 12.1. The SMILES string of the molecule is O=C(C1Cc2ccccc2C1)N1CCCO1. The number of nitrogens with zero attached hydrogens (tertiary/aromatic N) is 1. The molecule has 0 saturated carbocycles. The number of hydrogen-bond acceptors (Lipinski definition) is 2. The minimum absolute atomic E-state index is 0.0931. The highest BCUT2D eigenvalue weighted by atomic mass is 16.7. The van der Waals surface area contributed by atoms with Gasteiger partial charge in [0.05, 0.1) is 13.2 Å². The van der Waals surface area contributed by atoms with Gasteiger partial charge in [0.25, 0.3) is 0 Å². The Kier molecular flexibility index (Phi) is 2.40. The second kappa shape index (κ2) is 3.91. The van der Waals surface area contributed by atoms with Crippen LogP contribution < -0.4 is 0 Å². The molecule has 1 amide bonds. The molecule has 3 nitrogen and oxygen atoms in total. The lowest BCUT2D eigenvalue weighted by Crippen LogP contribution is -2.33. The molecule has 0 atom stereocenters. The third kappa shape index (κ3) is 1.61. The van der Waals surface area contributed by atoms with Gasteiger partial charge in [0, 0.05) is 5.92 Å². The largest absolute Gasteiger partial charge is 0.272 e. The molecule has 1 aliphatic carbocycles. The third-order valence-electron chi connectivity index (χ3n) is 3.40. The van der Waals surface area contributed by atoms with Gasteiger partial charge in [0.1, 0.15) is 0 Å². The van der Waals surface area contributed by atoms with Gasteiger partial charge in [-0.15, -0.1) is 0 Å². The molecule has 16 heavy (non-hydrogen) atoms. The van der Waals surface area contributed by atoms with E-state index in [1.165, 1.54) is 11.1 Å². The molecule has 1 saturated heterocycles. The first kappa shape index (κ1) is 9.85. The Balaban J connectivity index is 1.73. The summed E-state index contributed by atoms with van der Waals surface area (Å²) < 4.78 is 0. The number of fused-ring (bicyclic) bond motifs is 1. The molecule has 1 aliphatic heterocycles. The van der Waals surface area contributed by atoms with Crippen molar-refractivity contribution in [3.8, 4) is 0 Å². The fraction of sp³-hybridized carbons (Fsp3) is 0.462. The van der Waals surface area contributed by atoms with E-state index in [-0.39, 0.29) is 11.8 Å². The second-order valence-corrected chi connectivity index (χ2v) is 4.50. The summed E-state index contributed by atoms with van der Waals surface area (Å²) in [5.41, 5.74) is 2.64. The standard InChI is InChI=1S/C13H15NO2/c15-13(14-6-3-7-16-14)12-8-10-4-1-2-5-11(10)9-12/h1-2,4-5,12H,3,6-9H2. The molecule has 3 heteroatoms. The summed E-state index contributed by atoms with van der Waals surface area (Å²) in [5, 5.41) is 1.55. The van der Waals surface area contributed by atoms with Crippen molar-refractivity contribution in [2.75, 3.05) is 13.2 Å². The highest BCUT2D eigenvalue weighted by Crippen LogP contribution is 2.28. The molecule has 0 aromatic heterocycles. The van der Waals surface area contributed by atoms with Gasteiger partial charge in [-0.25, -0.2) is 5.06 Å². The molecular weight excluding hydrogens is 202 g/mol. The van der Waals surface area contributed by atoms with E-state index in [9.17, 15) is 4.79 Å². The van der Waals surface area contributed by atoms with Crippen molar-refractivity contribution < 1.29 is 9.63 Å². The van der Waals surface area contributed by atoms with E-state index in [1.807, 2.05) is 12.1 Å². The van der Waals surface area contributed by atoms with Crippen LogP contribution in [0.4, 0.5) is 0 Å². The molecule has 1 aromatic carbocycles. The Bertz CT molecular complexity index is 385. The fourth-order valence-electron chi connectivity index (χ4n) is 2.56. The van der Waals surface area contributed by atoms with Gasteiger partial charge in [-0.2, -0.15) is 0 Å². The zero-order valence-electron chi connectivity index (χ0n) is 9.19. The van der Waals surface area contributed by atoms with Crippen LogP contribution in [0.25, 0.3) is 0 Å². The summed E-state index contributed by atoms with van der Waals surface area (Å²) in [7, 11) is 0. The van der Waals surface area contributed by atoms with Crippen molar-refractivity contribution in [1.82, 2.24) is 5.06 Å². The molecule has 0 spiro atoms. The highest BCUT2D eigenvalue weighted by molar-refractivity contribution is 5.79. The first-order valence-electron chi connectivity index (χ1n) is 5.85. The van der Waals surface area contributed by atoms with Crippen LogP contribution >= 0.6 is 0 Å². The minimum atomic E-state index is 0.0931. The Labute approximate surface area is 95.0 Å². The Morgan fingerprint density at radius 1 is 1.25 bits per heavy atom. The van der Waals surface area contributed by atoms with Gasteiger partial charge in [0.15, 0.2) is 0 Å². The molecule has 2 aliphatic rings. The van der Waals surface area contributed by atoms with Crippen LogP contribution in [0.15, 0.2) is 24.3 Å². The summed E-state index contributed by atoms with van der Waals surface area (Å²) >= 11 is 0. The highest BCUT2D eigenvalue weighted by Gasteiger charge is 2.32. The van der Waals surface area contributed by atoms with Crippen LogP contribution in [0.5, 0.6) is 0 Å². The lowest BCUT2D eigenvalue weighted by atomic mass is 10.1. The second-order valence-electron chi connectivity index (χ2n) is 4.50. The zero-order chi connectivity index (χ0) is 11.0. The first-order valence-corrected chi connectivity index (χ1v) is 5.85. The number of carbonyl (C=O) groups is 1. The number of carbonyl (C=O) groups excluding carboxylic acids is 1. The molecule has 1 fully saturated rings. The quantitative estimate of drug-likeness (QED) is 0.714. The Hall–Kier alpha value is -1.35. The molecule has 3 rings (SSSR count). The van der Waals surface area contributed by atoms with Crippen LogP contribution in [-0.4, -0.2) is 24.1 Å². The zero-order valence-corrected chi connectivity index (χ0v) is 9.19. The normalized spacial score (nSPS) is 20.1. The van der Waals surface area contributed by atoms with Gasteiger partial charge in [-0.05, 0) is 30.4 Å². The molecule has 84 valence electrons. The smallest absolute Gasteiger partial charge is 0.249 e. The van der Waals surface area contributed by atoms with Crippen LogP contribution in [0.2, 0.25) is 0 Å². The van der Waals surface area contributed by atoms with Crippen molar-refractivity contribution >= 4 is 5.91 Å². The van der Waals surface area contributed by atoms with E-state index in [1.54, 1.807) is 5.06 Å². The Morgan fingerprint density at radius 2 is 1.94 bits per heavy atom. The topological polar surface area (TPSA) is 29.5 Å². The van der Waals surface area contributed by atoms with E-state index >= 15 is 0 Å². The van der Waals surface area contributed by atoms with E-state index in [4.69, 9.17) is 4.84 Å². The minimum Gasteiger partial charge on any atom is -0.272 e. The lowest BCUT2D eigenvalue weighted by molar-refractivity contribution is -0.173. The molecule has 1 aromatic rings. The van der Waals surface area contributed by atoms with E-state index in [2.05, 4.69) is 12.1 Å². The maximum atomic E-state index is 12.1. The monoisotopic (exact) mass is 217 g/mol. The number of hydroxylamine groups is 2. The predicted molar refractivity (Wildman–Crippen MR) is 59.6 cm³/mol. The van der Waals surface area contributed by atoms with Crippen molar-refractivity contribution in [2.45, 2.75) is 19.3 Å². The van der Waals surface area contributed by atoms with Crippen molar-refractivity contribution in [3.63, 3.8) is 0 Å². The van der Waals surface area contributed by atoms with Crippen LogP contribution in [0.3, 0.4) is 0 Å². The van der Waals surface area contributed by atoms with Gasteiger partial charge in [-0.1, -0.05) is 24.3 Å². The number of rotatable bonds is 1. The van der Waals surface area contributed by atoms with Crippen molar-refractivity contribution in [1.29, 1.82) is 0 Å². The van der Waals surface area contributed by atoms with Gasteiger partial charge >= 0.3 is 0 Å². The summed E-state index contributed by atoms with van der Waals surface area (Å²) in [6.45, 7) is 1.44. The van der Waals surface area contributed by atoms with Gasteiger partial charge in [0.2, 0.25) is 5.91 Å². The predicted octanol–water partition coefficient (Wildman–Crippen LogP) is 1.57. The van der Waals surface area contributed by atoms with E-state index in [0.29, 0.717) is 6.61 Å². The van der Waals surface area contributed by atoms with Crippen molar-refractivity contribution in [3.05, 3.63) is 35.4 Å². The number of benzene rings is 1. The van der Waals surface area contributed by atoms with Crippen LogP contribution in [-0.2, 0) is 22.5 Å².